The zero-order valence-corrected chi connectivity index (χ0v) is 12.7. The maximum atomic E-state index is 13.1. The number of rotatable bonds is 2. The summed E-state index contributed by atoms with van der Waals surface area (Å²) in [6, 6.07) is 14.8. The first-order chi connectivity index (χ1) is 10.6. The van der Waals surface area contributed by atoms with Crippen molar-refractivity contribution in [3.05, 3.63) is 54.1 Å². The van der Waals surface area contributed by atoms with Crippen molar-refractivity contribution in [1.82, 2.24) is 0 Å². The van der Waals surface area contributed by atoms with Crippen molar-refractivity contribution in [2.45, 2.75) is 17.9 Å². The molecule has 0 spiro atoms. The van der Waals surface area contributed by atoms with E-state index in [-0.39, 0.29) is 23.1 Å². The Bertz CT molecular complexity index is 856. The fourth-order valence-electron chi connectivity index (χ4n) is 2.53. The van der Waals surface area contributed by atoms with Crippen LogP contribution in [0, 0.1) is 11.3 Å². The molecule has 0 aromatic heterocycles. The van der Waals surface area contributed by atoms with Crippen LogP contribution in [0.2, 0.25) is 0 Å². The Morgan fingerprint density at radius 1 is 1.18 bits per heavy atom. The molecule has 5 nitrogen and oxygen atoms in total. The van der Waals surface area contributed by atoms with Gasteiger partial charge in [-0.2, -0.15) is 5.26 Å². The lowest BCUT2D eigenvalue weighted by molar-refractivity contribution is 0.281. The number of benzene rings is 2. The lowest BCUT2D eigenvalue weighted by Gasteiger charge is -2.35. The second-order valence-electron chi connectivity index (χ2n) is 5.04. The number of nitrogens with zero attached hydrogens (tertiary/aromatic N) is 2. The molecule has 2 aromatic rings. The van der Waals surface area contributed by atoms with Gasteiger partial charge in [-0.1, -0.05) is 24.3 Å². The lowest BCUT2D eigenvalue weighted by Crippen LogP contribution is -2.45. The highest BCUT2D eigenvalue weighted by atomic mass is 32.2. The van der Waals surface area contributed by atoms with Gasteiger partial charge in [-0.15, -0.1) is 0 Å². The SMILES string of the molecule is CC1COc2ccccc2N1S(=O)(=O)c1ccccc1C#N. The molecule has 0 fully saturated rings. The third-order valence-corrected chi connectivity index (χ3v) is 5.51. The van der Waals surface area contributed by atoms with Gasteiger partial charge in [0.2, 0.25) is 0 Å². The first kappa shape index (κ1) is 14.4. The van der Waals surface area contributed by atoms with Gasteiger partial charge in [0.1, 0.15) is 23.3 Å². The Kier molecular flexibility index (Phi) is 3.51. The van der Waals surface area contributed by atoms with Crippen LogP contribution in [0.4, 0.5) is 5.69 Å². The smallest absolute Gasteiger partial charge is 0.266 e. The summed E-state index contributed by atoms with van der Waals surface area (Å²) in [5.74, 6) is 0.526. The highest BCUT2D eigenvalue weighted by molar-refractivity contribution is 7.93. The van der Waals surface area contributed by atoms with E-state index in [1.165, 1.54) is 16.4 Å². The Morgan fingerprint density at radius 2 is 1.86 bits per heavy atom. The molecule has 1 atom stereocenters. The van der Waals surface area contributed by atoms with Gasteiger partial charge in [0, 0.05) is 0 Å². The molecule has 0 amide bonds. The van der Waals surface area contributed by atoms with Crippen LogP contribution in [0.15, 0.2) is 53.4 Å². The van der Waals surface area contributed by atoms with Crippen LogP contribution in [0.25, 0.3) is 0 Å². The van der Waals surface area contributed by atoms with E-state index in [9.17, 15) is 13.7 Å². The van der Waals surface area contributed by atoms with Crippen molar-refractivity contribution in [1.29, 1.82) is 5.26 Å². The Morgan fingerprint density at radius 3 is 2.64 bits per heavy atom. The number of hydrogen-bond acceptors (Lipinski definition) is 4. The lowest BCUT2D eigenvalue weighted by atomic mass is 10.2. The zero-order chi connectivity index (χ0) is 15.7. The Labute approximate surface area is 129 Å². The van der Waals surface area contributed by atoms with Crippen LogP contribution in [0.5, 0.6) is 5.75 Å². The monoisotopic (exact) mass is 314 g/mol. The third-order valence-electron chi connectivity index (χ3n) is 3.53. The van der Waals surface area contributed by atoms with E-state index >= 15 is 0 Å². The van der Waals surface area contributed by atoms with E-state index < -0.39 is 10.0 Å². The fraction of sp³-hybridized carbons (Fsp3) is 0.188. The molecule has 6 heteroatoms. The maximum absolute atomic E-state index is 13.1. The highest BCUT2D eigenvalue weighted by Crippen LogP contribution is 2.37. The molecule has 0 aliphatic carbocycles. The summed E-state index contributed by atoms with van der Waals surface area (Å²) < 4.78 is 33.0. The quantitative estimate of drug-likeness (QED) is 0.854. The largest absolute Gasteiger partial charge is 0.489 e. The molecule has 0 bridgehead atoms. The van der Waals surface area contributed by atoms with Crippen LogP contribution >= 0.6 is 0 Å². The van der Waals surface area contributed by atoms with Crippen molar-refractivity contribution in [3.63, 3.8) is 0 Å². The number of sulfonamides is 1. The number of fused-ring (bicyclic) bond motifs is 1. The molecule has 112 valence electrons. The number of nitriles is 1. The first-order valence-electron chi connectivity index (χ1n) is 6.81. The van der Waals surface area contributed by atoms with E-state index in [1.807, 2.05) is 6.07 Å². The highest BCUT2D eigenvalue weighted by Gasteiger charge is 2.35. The molecule has 0 saturated heterocycles. The second-order valence-corrected chi connectivity index (χ2v) is 6.82. The van der Waals surface area contributed by atoms with Crippen LogP contribution in [-0.4, -0.2) is 21.1 Å². The standard InChI is InChI=1S/C16H14N2O3S/c1-12-11-21-15-8-4-3-7-14(15)18(12)22(19,20)16-9-5-2-6-13(16)10-17/h2-9,12H,11H2,1H3. The van der Waals surface area contributed by atoms with Crippen molar-refractivity contribution in [2.75, 3.05) is 10.9 Å². The minimum absolute atomic E-state index is 0.0149. The van der Waals surface area contributed by atoms with Crippen molar-refractivity contribution in [2.24, 2.45) is 0 Å². The van der Waals surface area contributed by atoms with Gasteiger partial charge in [0.25, 0.3) is 10.0 Å². The molecule has 0 radical (unpaired) electrons. The molecular formula is C16H14N2O3S. The van der Waals surface area contributed by atoms with Crippen LogP contribution < -0.4 is 9.04 Å². The number of anilines is 1. The summed E-state index contributed by atoms with van der Waals surface area (Å²) in [6.07, 6.45) is 0. The van der Waals surface area contributed by atoms with E-state index in [0.29, 0.717) is 11.4 Å². The van der Waals surface area contributed by atoms with Crippen molar-refractivity contribution >= 4 is 15.7 Å². The summed E-state index contributed by atoms with van der Waals surface area (Å²) in [5.41, 5.74) is 0.632. The molecule has 1 unspecified atom stereocenters. The van der Waals surface area contributed by atoms with E-state index in [4.69, 9.17) is 4.74 Å². The average Bonchev–Trinajstić information content (AvgIpc) is 2.54. The van der Waals surface area contributed by atoms with Crippen molar-refractivity contribution < 1.29 is 13.2 Å². The summed E-state index contributed by atoms with van der Waals surface area (Å²) in [7, 11) is -3.84. The molecular weight excluding hydrogens is 300 g/mol. The molecule has 1 aliphatic heterocycles. The van der Waals surface area contributed by atoms with Crippen molar-refractivity contribution in [3.8, 4) is 11.8 Å². The van der Waals surface area contributed by atoms with Gasteiger partial charge in [0.15, 0.2) is 0 Å². The normalized spacial score (nSPS) is 17.3. The minimum atomic E-state index is -3.84. The van der Waals surface area contributed by atoms with Crippen LogP contribution in [-0.2, 0) is 10.0 Å². The zero-order valence-electron chi connectivity index (χ0n) is 11.9. The number of para-hydroxylation sites is 2. The summed E-state index contributed by atoms with van der Waals surface area (Å²) in [5, 5.41) is 9.18. The number of ether oxygens (including phenoxy) is 1. The molecule has 0 N–H and O–H groups in total. The first-order valence-corrected chi connectivity index (χ1v) is 8.25. The molecule has 0 saturated carbocycles. The second kappa shape index (κ2) is 5.35. The summed E-state index contributed by atoms with van der Waals surface area (Å²) in [6.45, 7) is 2.05. The number of hydrogen-bond donors (Lipinski definition) is 0. The molecule has 1 aliphatic rings. The summed E-state index contributed by atoms with van der Waals surface area (Å²) in [4.78, 5) is 0.0149. The van der Waals surface area contributed by atoms with Crippen LogP contribution in [0.3, 0.4) is 0 Å². The van der Waals surface area contributed by atoms with Gasteiger partial charge < -0.3 is 4.74 Å². The molecule has 3 rings (SSSR count). The van der Waals surface area contributed by atoms with E-state index in [1.54, 1.807) is 43.3 Å². The van der Waals surface area contributed by atoms with Gasteiger partial charge in [-0.05, 0) is 31.2 Å². The predicted molar refractivity (Wildman–Crippen MR) is 82.2 cm³/mol. The van der Waals surface area contributed by atoms with Gasteiger partial charge in [-0.3, -0.25) is 4.31 Å². The Hall–Kier alpha value is -2.52. The molecule has 22 heavy (non-hydrogen) atoms. The average molecular weight is 314 g/mol. The predicted octanol–water partition coefficient (Wildman–Crippen LogP) is 2.53. The Balaban J connectivity index is 2.20. The van der Waals surface area contributed by atoms with Crippen LogP contribution in [0.1, 0.15) is 12.5 Å². The van der Waals surface area contributed by atoms with Gasteiger partial charge in [0.05, 0.1) is 17.3 Å². The van der Waals surface area contributed by atoms with Gasteiger partial charge in [-0.25, -0.2) is 8.42 Å². The molecule has 2 aromatic carbocycles. The minimum Gasteiger partial charge on any atom is -0.489 e. The topological polar surface area (TPSA) is 70.4 Å². The fourth-order valence-corrected chi connectivity index (χ4v) is 4.33. The molecule has 1 heterocycles. The van der Waals surface area contributed by atoms with Gasteiger partial charge >= 0.3 is 0 Å². The summed E-state index contributed by atoms with van der Waals surface area (Å²) >= 11 is 0. The van der Waals surface area contributed by atoms with E-state index in [0.717, 1.165) is 0 Å². The maximum Gasteiger partial charge on any atom is 0.266 e. The third kappa shape index (κ3) is 2.20. The van der Waals surface area contributed by atoms with E-state index in [2.05, 4.69) is 0 Å².